The molecule has 1 aromatic carbocycles. The van der Waals surface area contributed by atoms with Crippen LogP contribution < -0.4 is 5.32 Å². The Morgan fingerprint density at radius 1 is 1.13 bits per heavy atom. The lowest BCUT2D eigenvalue weighted by Crippen LogP contribution is -2.17. The normalized spacial score (nSPS) is 9.91. The second-order valence-electron chi connectivity index (χ2n) is 4.98. The highest BCUT2D eigenvalue weighted by atomic mass is 16.5. The zero-order valence-corrected chi connectivity index (χ0v) is 14.6. The van der Waals surface area contributed by atoms with Crippen molar-refractivity contribution in [2.24, 2.45) is 0 Å². The van der Waals surface area contributed by atoms with Gasteiger partial charge in [-0.3, -0.25) is 4.79 Å². The van der Waals surface area contributed by atoms with Crippen LogP contribution in [0.2, 0.25) is 0 Å². The van der Waals surface area contributed by atoms with Gasteiger partial charge in [-0.25, -0.2) is 0 Å². The van der Waals surface area contributed by atoms with E-state index in [1.165, 1.54) is 19.3 Å². The molecule has 2 rings (SSSR count). The zero-order chi connectivity index (χ0) is 17.1. The predicted octanol–water partition coefficient (Wildman–Crippen LogP) is 4.25. The van der Waals surface area contributed by atoms with Crippen molar-refractivity contribution in [3.63, 3.8) is 0 Å². The predicted molar refractivity (Wildman–Crippen MR) is 92.3 cm³/mol. The van der Waals surface area contributed by atoms with Crippen LogP contribution >= 0.6 is 0 Å². The Hall–Kier alpha value is -2.17. The molecule has 126 valence electrons. The fraction of sp³-hybridized carbons (Fsp3) is 0.500. The first-order valence-electron chi connectivity index (χ1n) is 8.39. The van der Waals surface area contributed by atoms with Gasteiger partial charge in [-0.2, -0.15) is 4.98 Å². The van der Waals surface area contributed by atoms with Crippen molar-refractivity contribution >= 4 is 5.91 Å². The molecule has 1 amide bonds. The fourth-order valence-corrected chi connectivity index (χ4v) is 2.09. The lowest BCUT2D eigenvalue weighted by Gasteiger charge is -1.99. The molecule has 0 saturated carbocycles. The molecule has 0 radical (unpaired) electrons. The van der Waals surface area contributed by atoms with Crippen molar-refractivity contribution in [1.82, 2.24) is 15.5 Å². The molecule has 5 heteroatoms. The largest absolute Gasteiger partial charge is 0.355 e. The van der Waals surface area contributed by atoms with Crippen LogP contribution in [0.25, 0.3) is 11.4 Å². The molecule has 0 aliphatic heterocycles. The van der Waals surface area contributed by atoms with Crippen LogP contribution in [0, 0.1) is 0 Å². The second kappa shape index (κ2) is 10.5. The fourth-order valence-electron chi connectivity index (χ4n) is 2.09. The molecule has 1 aromatic heterocycles. The number of nitrogens with zero attached hydrogens (tertiary/aromatic N) is 2. The van der Waals surface area contributed by atoms with Crippen LogP contribution in [0.4, 0.5) is 0 Å². The number of amides is 1. The minimum absolute atomic E-state index is 0.105. The molecule has 0 bridgehead atoms. The molecule has 0 aliphatic carbocycles. The highest BCUT2D eigenvalue weighted by Crippen LogP contribution is 2.17. The van der Waals surface area contributed by atoms with Gasteiger partial charge in [-0.15, -0.1) is 0 Å². The maximum Gasteiger partial charge on any atom is 0.251 e. The summed E-state index contributed by atoms with van der Waals surface area (Å²) < 4.78 is 5.26. The number of hydrogen-bond donors (Lipinski definition) is 1. The highest BCUT2D eigenvalue weighted by molar-refractivity contribution is 5.94. The van der Waals surface area contributed by atoms with E-state index < -0.39 is 0 Å². The third-order valence-electron chi connectivity index (χ3n) is 3.34. The lowest BCUT2D eigenvalue weighted by molar-refractivity contribution is 0.0963. The standard InChI is InChI=1S/C16H21N3O2.C2H6/c1-3-4-5-6-7-14-18-15(19-21-14)12-8-10-13(11-9-12)16(20)17-2;1-2/h8-11H,3-7H2,1-2H3,(H,17,20);1-2H3. The molecule has 0 aliphatic rings. The summed E-state index contributed by atoms with van der Waals surface area (Å²) in [5.74, 6) is 1.15. The van der Waals surface area contributed by atoms with Gasteiger partial charge >= 0.3 is 0 Å². The maximum atomic E-state index is 11.5. The molecule has 0 spiro atoms. The van der Waals surface area contributed by atoms with Gasteiger partial charge in [0.15, 0.2) is 0 Å². The van der Waals surface area contributed by atoms with Crippen molar-refractivity contribution in [2.45, 2.75) is 52.9 Å². The zero-order valence-electron chi connectivity index (χ0n) is 14.6. The molecular weight excluding hydrogens is 290 g/mol. The van der Waals surface area contributed by atoms with Gasteiger partial charge in [0, 0.05) is 24.6 Å². The smallest absolute Gasteiger partial charge is 0.251 e. The first-order valence-corrected chi connectivity index (χ1v) is 8.39. The van der Waals surface area contributed by atoms with E-state index in [9.17, 15) is 4.79 Å². The van der Waals surface area contributed by atoms with Crippen molar-refractivity contribution < 1.29 is 9.32 Å². The molecular formula is C18H27N3O2. The lowest BCUT2D eigenvalue weighted by atomic mass is 10.1. The third-order valence-corrected chi connectivity index (χ3v) is 3.34. The van der Waals surface area contributed by atoms with E-state index >= 15 is 0 Å². The quantitative estimate of drug-likeness (QED) is 0.775. The summed E-state index contributed by atoms with van der Waals surface area (Å²) in [5.41, 5.74) is 1.47. The number of unbranched alkanes of at least 4 members (excludes halogenated alkanes) is 3. The van der Waals surface area contributed by atoms with E-state index in [2.05, 4.69) is 22.4 Å². The van der Waals surface area contributed by atoms with E-state index in [1.807, 2.05) is 26.0 Å². The van der Waals surface area contributed by atoms with Gasteiger partial charge < -0.3 is 9.84 Å². The minimum atomic E-state index is -0.105. The molecule has 0 unspecified atom stereocenters. The molecule has 0 fully saturated rings. The minimum Gasteiger partial charge on any atom is -0.355 e. The summed E-state index contributed by atoms with van der Waals surface area (Å²) in [7, 11) is 1.61. The summed E-state index contributed by atoms with van der Waals surface area (Å²) in [6.45, 7) is 6.19. The van der Waals surface area contributed by atoms with Crippen LogP contribution in [-0.2, 0) is 6.42 Å². The number of benzene rings is 1. The molecule has 1 N–H and O–H groups in total. The van der Waals surface area contributed by atoms with Gasteiger partial charge in [0.1, 0.15) is 0 Å². The van der Waals surface area contributed by atoms with Crippen molar-refractivity contribution in [3.8, 4) is 11.4 Å². The number of nitrogens with one attached hydrogen (secondary N) is 1. The van der Waals surface area contributed by atoms with Crippen LogP contribution in [0.15, 0.2) is 28.8 Å². The summed E-state index contributed by atoms with van der Waals surface area (Å²) in [4.78, 5) is 15.9. The van der Waals surface area contributed by atoms with Crippen LogP contribution in [-0.4, -0.2) is 23.1 Å². The van der Waals surface area contributed by atoms with Gasteiger partial charge in [0.2, 0.25) is 11.7 Å². The monoisotopic (exact) mass is 317 g/mol. The Morgan fingerprint density at radius 2 is 1.83 bits per heavy atom. The SMILES string of the molecule is CC.CCCCCCc1nc(-c2ccc(C(=O)NC)cc2)no1. The summed E-state index contributed by atoms with van der Waals surface area (Å²) in [6.07, 6.45) is 5.54. The van der Waals surface area contributed by atoms with Crippen LogP contribution in [0.5, 0.6) is 0 Å². The number of carbonyl (C=O) groups excluding carboxylic acids is 1. The van der Waals surface area contributed by atoms with Gasteiger partial charge in [0.25, 0.3) is 5.91 Å². The second-order valence-corrected chi connectivity index (χ2v) is 4.98. The third kappa shape index (κ3) is 5.85. The Morgan fingerprint density at radius 3 is 2.43 bits per heavy atom. The number of carbonyl (C=O) groups is 1. The molecule has 2 aromatic rings. The highest BCUT2D eigenvalue weighted by Gasteiger charge is 2.09. The molecule has 23 heavy (non-hydrogen) atoms. The summed E-state index contributed by atoms with van der Waals surface area (Å²) in [5, 5.41) is 6.58. The molecule has 5 nitrogen and oxygen atoms in total. The van der Waals surface area contributed by atoms with Crippen LogP contribution in [0.3, 0.4) is 0 Å². The Bertz CT molecular complexity index is 576. The average Bonchev–Trinajstić information content (AvgIpc) is 3.09. The van der Waals surface area contributed by atoms with Gasteiger partial charge in [-0.05, 0) is 18.6 Å². The number of hydrogen-bond acceptors (Lipinski definition) is 4. The molecule has 0 saturated heterocycles. The number of rotatable bonds is 7. The van der Waals surface area contributed by atoms with Gasteiger partial charge in [0.05, 0.1) is 0 Å². The maximum absolute atomic E-state index is 11.5. The Balaban J connectivity index is 0.00000127. The topological polar surface area (TPSA) is 68.0 Å². The number of aromatic nitrogens is 2. The number of aryl methyl sites for hydroxylation is 1. The van der Waals surface area contributed by atoms with E-state index in [0.29, 0.717) is 17.3 Å². The van der Waals surface area contributed by atoms with Gasteiger partial charge in [-0.1, -0.05) is 57.3 Å². The Labute approximate surface area is 138 Å². The van der Waals surface area contributed by atoms with E-state index in [0.717, 1.165) is 18.4 Å². The van der Waals surface area contributed by atoms with Crippen LogP contribution in [0.1, 0.15) is 62.7 Å². The average molecular weight is 317 g/mol. The van der Waals surface area contributed by atoms with Crippen molar-refractivity contribution in [2.75, 3.05) is 7.05 Å². The first-order chi connectivity index (χ1) is 11.2. The van der Waals surface area contributed by atoms with Crippen molar-refractivity contribution in [3.05, 3.63) is 35.7 Å². The first kappa shape index (κ1) is 18.9. The van der Waals surface area contributed by atoms with E-state index in [-0.39, 0.29) is 5.91 Å². The van der Waals surface area contributed by atoms with E-state index in [4.69, 9.17) is 4.52 Å². The molecule has 1 heterocycles. The summed E-state index contributed by atoms with van der Waals surface area (Å²) in [6, 6.07) is 7.17. The van der Waals surface area contributed by atoms with E-state index in [1.54, 1.807) is 19.2 Å². The van der Waals surface area contributed by atoms with Crippen molar-refractivity contribution in [1.29, 1.82) is 0 Å². The molecule has 0 atom stereocenters. The summed E-state index contributed by atoms with van der Waals surface area (Å²) >= 11 is 0. The Kier molecular flexibility index (Phi) is 8.65.